The highest BCUT2D eigenvalue weighted by Crippen LogP contribution is 2.21. The molecule has 0 aliphatic carbocycles. The predicted molar refractivity (Wildman–Crippen MR) is 65.3 cm³/mol. The van der Waals surface area contributed by atoms with Crippen molar-refractivity contribution in [2.45, 2.75) is 10.1 Å². The average Bonchev–Trinajstić information content (AvgIpc) is 2.76. The van der Waals surface area contributed by atoms with Crippen molar-refractivity contribution in [1.29, 1.82) is 0 Å². The maximum Gasteiger partial charge on any atom is 0.431 e. The number of halogens is 1. The molecule has 0 spiro atoms. The van der Waals surface area contributed by atoms with Crippen molar-refractivity contribution in [2.24, 2.45) is 0 Å². The number of hydrogen-bond acceptors (Lipinski definition) is 7. The number of nitrogens with zero attached hydrogens (tertiary/aromatic N) is 2. The topological polar surface area (TPSA) is 82.3 Å². The van der Waals surface area contributed by atoms with Crippen LogP contribution in [0.25, 0.3) is 0 Å². The molecule has 0 aliphatic rings. The summed E-state index contributed by atoms with van der Waals surface area (Å²) in [6.07, 6.45) is 1.29. The third kappa shape index (κ3) is 2.95. The smallest absolute Gasteiger partial charge is 0.382 e. The minimum absolute atomic E-state index is 0.0456. The summed E-state index contributed by atoms with van der Waals surface area (Å²) >= 11 is 6.85. The molecule has 2 aromatic rings. The molecule has 0 unspecified atom stereocenters. The van der Waals surface area contributed by atoms with E-state index in [-0.39, 0.29) is 10.1 Å². The van der Waals surface area contributed by atoms with E-state index in [0.29, 0.717) is 5.02 Å². The van der Waals surface area contributed by atoms with Crippen LogP contribution in [-0.4, -0.2) is 24.9 Å². The van der Waals surface area contributed by atoms with Crippen LogP contribution in [-0.2, 0) is 10.1 Å². The molecule has 0 N–H and O–H groups in total. The molecule has 0 bridgehead atoms. The molecule has 0 saturated carbocycles. The Morgan fingerprint density at radius 3 is 2.50 bits per heavy atom. The van der Waals surface area contributed by atoms with Crippen LogP contribution in [0, 0.1) is 0 Å². The Bertz CT molecular complexity index is 639. The van der Waals surface area contributed by atoms with Gasteiger partial charge in [0.25, 0.3) is 5.22 Å². The molecular weight excluding hydrogens is 300 g/mol. The molecule has 96 valence electrons. The van der Waals surface area contributed by atoms with Gasteiger partial charge in [0.1, 0.15) is 4.90 Å². The molecule has 0 aliphatic heterocycles. The van der Waals surface area contributed by atoms with Gasteiger partial charge in [-0.3, -0.25) is 0 Å². The zero-order valence-corrected chi connectivity index (χ0v) is 11.4. The molecule has 9 heteroatoms. The first-order valence-electron chi connectivity index (χ1n) is 4.59. The SMILES string of the molecule is CSc1nnc(OS(=O)(=O)c2ccc(Cl)cc2)o1. The van der Waals surface area contributed by atoms with Crippen LogP contribution in [0.4, 0.5) is 0 Å². The summed E-state index contributed by atoms with van der Waals surface area (Å²) in [5, 5.41) is 7.66. The van der Waals surface area contributed by atoms with E-state index in [1.165, 1.54) is 36.0 Å². The second kappa shape index (κ2) is 5.17. The van der Waals surface area contributed by atoms with E-state index in [0.717, 1.165) is 0 Å². The van der Waals surface area contributed by atoms with Gasteiger partial charge in [-0.25, -0.2) is 0 Å². The minimum atomic E-state index is -3.99. The molecule has 0 saturated heterocycles. The van der Waals surface area contributed by atoms with Gasteiger partial charge in [0.15, 0.2) is 0 Å². The summed E-state index contributed by atoms with van der Waals surface area (Å²) in [4.78, 5) is -0.0456. The third-order valence-electron chi connectivity index (χ3n) is 1.85. The van der Waals surface area contributed by atoms with Crippen LogP contribution in [0.3, 0.4) is 0 Å². The van der Waals surface area contributed by atoms with Crippen LogP contribution in [0.1, 0.15) is 0 Å². The van der Waals surface area contributed by atoms with Crippen LogP contribution in [0.2, 0.25) is 5.02 Å². The summed E-state index contributed by atoms with van der Waals surface area (Å²) in [6, 6.07) is 5.53. The summed E-state index contributed by atoms with van der Waals surface area (Å²) in [5.74, 6) is 0. The molecule has 2 rings (SSSR count). The highest BCUT2D eigenvalue weighted by Gasteiger charge is 2.20. The van der Waals surface area contributed by atoms with Gasteiger partial charge in [0, 0.05) is 5.02 Å². The lowest BCUT2D eigenvalue weighted by atomic mass is 10.4. The molecule has 1 heterocycles. The predicted octanol–water partition coefficient (Wildman–Crippen LogP) is 2.21. The standard InChI is InChI=1S/C9H7ClN2O4S2/c1-17-9-12-11-8(15-9)16-18(13,14)7-4-2-6(10)3-5-7/h2-5H,1H3. The quantitative estimate of drug-likeness (QED) is 0.632. The van der Waals surface area contributed by atoms with Crippen LogP contribution in [0.15, 0.2) is 38.8 Å². The van der Waals surface area contributed by atoms with Crippen molar-refractivity contribution in [1.82, 2.24) is 10.2 Å². The van der Waals surface area contributed by atoms with Crippen LogP contribution < -0.4 is 4.18 Å². The van der Waals surface area contributed by atoms with Crippen molar-refractivity contribution in [2.75, 3.05) is 6.26 Å². The number of thioether (sulfide) groups is 1. The zero-order chi connectivity index (χ0) is 13.2. The fourth-order valence-corrected chi connectivity index (χ4v) is 2.28. The van der Waals surface area contributed by atoms with Gasteiger partial charge in [-0.2, -0.15) is 8.42 Å². The first-order chi connectivity index (χ1) is 8.51. The Balaban J connectivity index is 2.24. The Morgan fingerprint density at radius 1 is 1.28 bits per heavy atom. The zero-order valence-electron chi connectivity index (χ0n) is 9.03. The lowest BCUT2D eigenvalue weighted by molar-refractivity contribution is 0.333. The van der Waals surface area contributed by atoms with E-state index < -0.39 is 16.2 Å². The van der Waals surface area contributed by atoms with E-state index in [4.69, 9.17) is 16.0 Å². The number of hydrogen-bond donors (Lipinski definition) is 0. The van der Waals surface area contributed by atoms with Crippen molar-refractivity contribution in [3.05, 3.63) is 29.3 Å². The second-order valence-corrected chi connectivity index (χ2v) is 5.77. The van der Waals surface area contributed by atoms with Gasteiger partial charge in [-0.15, -0.1) is 0 Å². The van der Waals surface area contributed by atoms with Crippen molar-refractivity contribution < 1.29 is 17.0 Å². The van der Waals surface area contributed by atoms with Crippen molar-refractivity contribution >= 4 is 33.5 Å². The lowest BCUT2D eigenvalue weighted by Gasteiger charge is -2.02. The monoisotopic (exact) mass is 306 g/mol. The average molecular weight is 307 g/mol. The fraction of sp³-hybridized carbons (Fsp3) is 0.111. The summed E-state index contributed by atoms with van der Waals surface area (Å²) in [5.41, 5.74) is 0. The number of aromatic nitrogens is 2. The molecule has 1 aromatic carbocycles. The summed E-state index contributed by atoms with van der Waals surface area (Å²) in [6.45, 7) is 0. The molecule has 0 radical (unpaired) electrons. The fourth-order valence-electron chi connectivity index (χ4n) is 1.06. The van der Waals surface area contributed by atoms with Gasteiger partial charge in [-0.1, -0.05) is 33.6 Å². The van der Waals surface area contributed by atoms with Crippen LogP contribution >= 0.6 is 23.4 Å². The van der Waals surface area contributed by atoms with Gasteiger partial charge in [0.05, 0.1) is 0 Å². The van der Waals surface area contributed by atoms with E-state index >= 15 is 0 Å². The Morgan fingerprint density at radius 2 is 1.94 bits per heavy atom. The number of benzene rings is 1. The Hall–Kier alpha value is -1.25. The summed E-state index contributed by atoms with van der Waals surface area (Å²) < 4.78 is 33.2. The summed E-state index contributed by atoms with van der Waals surface area (Å²) in [7, 11) is -3.99. The van der Waals surface area contributed by atoms with Crippen LogP contribution in [0.5, 0.6) is 6.08 Å². The molecular formula is C9H7ClN2O4S2. The molecule has 0 fully saturated rings. The van der Waals surface area contributed by atoms with Crippen molar-refractivity contribution in [3.8, 4) is 6.08 Å². The van der Waals surface area contributed by atoms with E-state index in [2.05, 4.69) is 14.4 Å². The highest BCUT2D eigenvalue weighted by molar-refractivity contribution is 7.98. The van der Waals surface area contributed by atoms with E-state index in [9.17, 15) is 8.42 Å². The maximum absolute atomic E-state index is 11.8. The van der Waals surface area contributed by atoms with Gasteiger partial charge in [0.2, 0.25) is 0 Å². The van der Waals surface area contributed by atoms with E-state index in [1.807, 2.05) is 0 Å². The highest BCUT2D eigenvalue weighted by atomic mass is 35.5. The van der Waals surface area contributed by atoms with E-state index in [1.54, 1.807) is 6.26 Å². The second-order valence-electron chi connectivity index (χ2n) is 3.03. The molecule has 0 atom stereocenters. The maximum atomic E-state index is 11.8. The first kappa shape index (κ1) is 13.2. The molecule has 1 aromatic heterocycles. The van der Waals surface area contributed by atoms with Gasteiger partial charge in [-0.05, 0) is 30.5 Å². The van der Waals surface area contributed by atoms with Gasteiger partial charge >= 0.3 is 16.2 Å². The third-order valence-corrected chi connectivity index (χ3v) is 3.82. The van der Waals surface area contributed by atoms with Gasteiger partial charge < -0.3 is 8.60 Å². The normalized spacial score (nSPS) is 11.4. The Kier molecular flexibility index (Phi) is 3.79. The lowest BCUT2D eigenvalue weighted by Crippen LogP contribution is -2.09. The first-order valence-corrected chi connectivity index (χ1v) is 7.60. The molecule has 0 amide bonds. The molecule has 6 nitrogen and oxygen atoms in total. The van der Waals surface area contributed by atoms with Crippen molar-refractivity contribution in [3.63, 3.8) is 0 Å². The number of rotatable bonds is 4. The largest absolute Gasteiger partial charge is 0.431 e. The Labute approximate surface area is 112 Å². The molecule has 18 heavy (non-hydrogen) atoms. The minimum Gasteiger partial charge on any atom is -0.382 e.